The van der Waals surface area contributed by atoms with E-state index < -0.39 is 12.2 Å². The van der Waals surface area contributed by atoms with Crippen molar-refractivity contribution in [3.8, 4) is 11.5 Å². The van der Waals surface area contributed by atoms with E-state index in [4.69, 9.17) is 9.47 Å². The first-order valence-electron chi connectivity index (χ1n) is 18.0. The fourth-order valence-corrected chi connectivity index (χ4v) is 6.74. The zero-order valence-corrected chi connectivity index (χ0v) is 29.5. The predicted molar refractivity (Wildman–Crippen MR) is 208 cm³/mol. The molecule has 6 heteroatoms. The van der Waals surface area contributed by atoms with Crippen LogP contribution in [-0.2, 0) is 0 Å². The van der Waals surface area contributed by atoms with E-state index in [0.29, 0.717) is 26.2 Å². The minimum Gasteiger partial charge on any atom is -0.491 e. The lowest BCUT2D eigenvalue weighted by Crippen LogP contribution is -2.46. The van der Waals surface area contributed by atoms with Crippen LogP contribution in [0.2, 0.25) is 0 Å². The van der Waals surface area contributed by atoms with Gasteiger partial charge in [0.05, 0.1) is 12.1 Å². The number of benzene rings is 6. The summed E-state index contributed by atoms with van der Waals surface area (Å²) in [6.45, 7) is 2.25. The van der Waals surface area contributed by atoms with Crippen LogP contribution in [0.15, 0.2) is 182 Å². The average molecular weight is 693 g/mol. The first-order chi connectivity index (χ1) is 25.6. The van der Waals surface area contributed by atoms with E-state index in [0.717, 1.165) is 33.8 Å². The van der Waals surface area contributed by atoms with Crippen molar-refractivity contribution in [3.05, 3.63) is 204 Å². The van der Waals surface area contributed by atoms with E-state index in [9.17, 15) is 10.2 Å². The molecule has 0 saturated heterocycles. The van der Waals surface area contributed by atoms with Crippen LogP contribution in [0.5, 0.6) is 11.5 Å². The Balaban J connectivity index is 1.32. The molecule has 6 rings (SSSR count). The van der Waals surface area contributed by atoms with Crippen molar-refractivity contribution >= 4 is 0 Å². The van der Waals surface area contributed by atoms with Gasteiger partial charge in [-0.2, -0.15) is 0 Å². The van der Waals surface area contributed by atoms with Crippen LogP contribution in [0.4, 0.5) is 0 Å². The van der Waals surface area contributed by atoms with Crippen LogP contribution < -0.4 is 9.47 Å². The maximum atomic E-state index is 11.5. The minimum atomic E-state index is -0.757. The molecule has 0 saturated carbocycles. The topological polar surface area (TPSA) is 65.4 Å². The van der Waals surface area contributed by atoms with Gasteiger partial charge in [-0.1, -0.05) is 158 Å². The molecule has 0 amide bonds. The zero-order chi connectivity index (χ0) is 35.8. The third-order valence-electron chi connectivity index (χ3n) is 9.13. The largest absolute Gasteiger partial charge is 0.491 e. The highest BCUT2D eigenvalue weighted by Gasteiger charge is 2.29. The maximum absolute atomic E-state index is 11.5. The molecule has 0 aliphatic rings. The second kappa shape index (κ2) is 19.4. The van der Waals surface area contributed by atoms with E-state index in [1.165, 1.54) is 0 Å². The van der Waals surface area contributed by atoms with Crippen LogP contribution >= 0.6 is 0 Å². The van der Waals surface area contributed by atoms with Gasteiger partial charge < -0.3 is 19.7 Å². The number of para-hydroxylation sites is 2. The highest BCUT2D eigenvalue weighted by Crippen LogP contribution is 2.32. The SMILES string of the molecule is O[C@H](COc1ccccc1)CN(CCN(C[C@@H](O)COc1ccccc1)C(c1ccccc1)c1ccccc1)C(c1ccccc1)c1ccccc1. The third kappa shape index (κ3) is 10.6. The molecular formula is C46H48N2O4. The second-order valence-electron chi connectivity index (χ2n) is 13.0. The van der Waals surface area contributed by atoms with Crippen LogP contribution in [0, 0.1) is 0 Å². The smallest absolute Gasteiger partial charge is 0.119 e. The van der Waals surface area contributed by atoms with Gasteiger partial charge in [0.25, 0.3) is 0 Å². The lowest BCUT2D eigenvalue weighted by molar-refractivity contribution is 0.0353. The number of hydrogen-bond acceptors (Lipinski definition) is 6. The van der Waals surface area contributed by atoms with Crippen LogP contribution in [0.25, 0.3) is 0 Å². The van der Waals surface area contributed by atoms with E-state index in [2.05, 4.69) is 107 Å². The Morgan fingerprint density at radius 1 is 0.365 bits per heavy atom. The molecular weight excluding hydrogens is 645 g/mol. The Morgan fingerprint density at radius 2 is 0.615 bits per heavy atom. The number of ether oxygens (including phenoxy) is 2. The molecule has 0 bridgehead atoms. The summed E-state index contributed by atoms with van der Waals surface area (Å²) in [7, 11) is 0. The summed E-state index contributed by atoms with van der Waals surface area (Å²) < 4.78 is 12.0. The maximum Gasteiger partial charge on any atom is 0.119 e. The van der Waals surface area contributed by atoms with Crippen molar-refractivity contribution in [2.24, 2.45) is 0 Å². The van der Waals surface area contributed by atoms with Gasteiger partial charge in [-0.25, -0.2) is 0 Å². The van der Waals surface area contributed by atoms with Crippen molar-refractivity contribution < 1.29 is 19.7 Å². The number of aliphatic hydroxyl groups is 2. The summed E-state index contributed by atoms with van der Waals surface area (Å²) in [5.41, 5.74) is 4.54. The fraction of sp³-hybridized carbons (Fsp3) is 0.217. The number of hydrogen-bond donors (Lipinski definition) is 2. The number of rotatable bonds is 19. The van der Waals surface area contributed by atoms with Gasteiger partial charge in [0.1, 0.15) is 36.9 Å². The van der Waals surface area contributed by atoms with Crippen molar-refractivity contribution in [1.82, 2.24) is 9.80 Å². The Bertz CT molecular complexity index is 1610. The van der Waals surface area contributed by atoms with Crippen molar-refractivity contribution in [3.63, 3.8) is 0 Å². The summed E-state index contributed by atoms with van der Waals surface area (Å²) in [4.78, 5) is 4.69. The summed E-state index contributed by atoms with van der Waals surface area (Å²) in [5.74, 6) is 1.45. The summed E-state index contributed by atoms with van der Waals surface area (Å²) in [5, 5.41) is 23.1. The fourth-order valence-electron chi connectivity index (χ4n) is 6.74. The third-order valence-corrected chi connectivity index (χ3v) is 9.13. The van der Waals surface area contributed by atoms with Gasteiger partial charge in [-0.3, -0.25) is 9.80 Å². The molecule has 266 valence electrons. The van der Waals surface area contributed by atoms with Gasteiger partial charge in [0.2, 0.25) is 0 Å². The van der Waals surface area contributed by atoms with Gasteiger partial charge >= 0.3 is 0 Å². The van der Waals surface area contributed by atoms with E-state index in [1.54, 1.807) is 0 Å². The molecule has 0 unspecified atom stereocenters. The van der Waals surface area contributed by atoms with Crippen molar-refractivity contribution in [2.45, 2.75) is 24.3 Å². The Hall–Kier alpha value is -5.24. The quantitative estimate of drug-likeness (QED) is 0.0896. The van der Waals surface area contributed by atoms with Crippen LogP contribution in [0.3, 0.4) is 0 Å². The van der Waals surface area contributed by atoms with E-state index in [1.807, 2.05) is 84.9 Å². The summed E-state index contributed by atoms with van der Waals surface area (Å²) in [6, 6.07) is 60.8. The molecule has 0 aliphatic carbocycles. The van der Waals surface area contributed by atoms with Gasteiger partial charge in [-0.05, 0) is 46.5 Å². The van der Waals surface area contributed by atoms with Crippen LogP contribution in [0.1, 0.15) is 34.3 Å². The molecule has 52 heavy (non-hydrogen) atoms. The molecule has 0 spiro atoms. The first kappa shape index (κ1) is 36.5. The van der Waals surface area contributed by atoms with Crippen LogP contribution in [-0.4, -0.2) is 71.6 Å². The molecule has 0 aromatic heterocycles. The molecule has 0 heterocycles. The van der Waals surface area contributed by atoms with Crippen molar-refractivity contribution in [1.29, 1.82) is 0 Å². The monoisotopic (exact) mass is 692 g/mol. The molecule has 0 aliphatic heterocycles. The van der Waals surface area contributed by atoms with Crippen molar-refractivity contribution in [2.75, 3.05) is 39.4 Å². The normalized spacial score (nSPS) is 12.7. The number of aliphatic hydroxyl groups excluding tert-OH is 2. The highest BCUT2D eigenvalue weighted by atomic mass is 16.5. The molecule has 0 radical (unpaired) electrons. The summed E-state index contributed by atoms with van der Waals surface area (Å²) in [6.07, 6.45) is -1.51. The Morgan fingerprint density at radius 3 is 0.885 bits per heavy atom. The van der Waals surface area contributed by atoms with E-state index >= 15 is 0 Å². The number of nitrogens with zero attached hydrogens (tertiary/aromatic N) is 2. The Kier molecular flexibility index (Phi) is 13.6. The molecule has 6 nitrogen and oxygen atoms in total. The van der Waals surface area contributed by atoms with Gasteiger partial charge in [0, 0.05) is 26.2 Å². The molecule has 6 aromatic rings. The molecule has 2 N–H and O–H groups in total. The second-order valence-corrected chi connectivity index (χ2v) is 13.0. The average Bonchev–Trinajstić information content (AvgIpc) is 3.21. The Labute approximate surface area is 308 Å². The highest BCUT2D eigenvalue weighted by molar-refractivity contribution is 5.34. The standard InChI is InChI=1S/C46H48N2O4/c49-41(35-51-43-27-15-5-16-28-43)33-47(45(37-19-7-1-8-20-37)38-21-9-2-10-22-38)31-32-48(34-42(50)36-52-44-29-17-6-18-30-44)46(39-23-11-3-12-24-39)40-25-13-4-14-26-40/h1-30,41-42,45-46,49-50H,31-36H2/t41-,42+. The lowest BCUT2D eigenvalue weighted by Gasteiger charge is -2.38. The predicted octanol–water partition coefficient (Wildman–Crippen LogP) is 8.05. The minimum absolute atomic E-state index is 0.131. The molecule has 0 fully saturated rings. The lowest BCUT2D eigenvalue weighted by atomic mass is 9.95. The zero-order valence-electron chi connectivity index (χ0n) is 29.5. The first-order valence-corrected chi connectivity index (χ1v) is 18.0. The summed E-state index contributed by atoms with van der Waals surface area (Å²) >= 11 is 0. The molecule has 6 aromatic carbocycles. The molecule has 2 atom stereocenters. The van der Waals surface area contributed by atoms with E-state index in [-0.39, 0.29) is 25.3 Å². The van der Waals surface area contributed by atoms with Gasteiger partial charge in [-0.15, -0.1) is 0 Å². The van der Waals surface area contributed by atoms with Gasteiger partial charge in [0.15, 0.2) is 0 Å².